The maximum absolute atomic E-state index is 12.5. The predicted octanol–water partition coefficient (Wildman–Crippen LogP) is 1.35. The minimum absolute atomic E-state index is 0.0990. The second kappa shape index (κ2) is 6.78. The Balaban J connectivity index is 1.34. The first kappa shape index (κ1) is 16.6. The van der Waals surface area contributed by atoms with E-state index in [0.717, 1.165) is 69.3 Å². The number of urea groups is 1. The van der Waals surface area contributed by atoms with E-state index in [1.165, 1.54) is 0 Å². The molecule has 2 unspecified atom stereocenters. The molecule has 4 heterocycles. The molecular formula is C18H27N5O2. The molecule has 0 aromatic carbocycles. The molecule has 0 saturated carbocycles. The van der Waals surface area contributed by atoms with Crippen molar-refractivity contribution in [2.24, 2.45) is 11.8 Å². The second-order valence-electron chi connectivity index (χ2n) is 7.57. The summed E-state index contributed by atoms with van der Waals surface area (Å²) in [6.45, 7) is 9.27. The average molecular weight is 345 g/mol. The number of hydrogen-bond donors (Lipinski definition) is 1. The number of fused-ring (bicyclic) bond motifs is 1. The van der Waals surface area contributed by atoms with E-state index in [1.54, 1.807) is 6.33 Å². The van der Waals surface area contributed by atoms with Crippen molar-refractivity contribution < 1.29 is 9.53 Å². The average Bonchev–Trinajstić information content (AvgIpc) is 3.17. The maximum Gasteiger partial charge on any atom is 0.317 e. The molecule has 25 heavy (non-hydrogen) atoms. The van der Waals surface area contributed by atoms with Crippen LogP contribution in [0.1, 0.15) is 24.1 Å². The van der Waals surface area contributed by atoms with Gasteiger partial charge in [-0.15, -0.1) is 0 Å². The maximum atomic E-state index is 12.5. The van der Waals surface area contributed by atoms with Gasteiger partial charge in [0.2, 0.25) is 0 Å². The summed E-state index contributed by atoms with van der Waals surface area (Å²) in [7, 11) is 0. The van der Waals surface area contributed by atoms with Crippen LogP contribution in [-0.2, 0) is 4.74 Å². The quantitative estimate of drug-likeness (QED) is 0.876. The molecule has 1 aromatic heterocycles. The lowest BCUT2D eigenvalue weighted by molar-refractivity contribution is 0.0784. The van der Waals surface area contributed by atoms with Crippen LogP contribution in [0.3, 0.4) is 0 Å². The van der Waals surface area contributed by atoms with Gasteiger partial charge in [-0.1, -0.05) is 0 Å². The lowest BCUT2D eigenvalue weighted by Crippen LogP contribution is -2.46. The lowest BCUT2D eigenvalue weighted by atomic mass is 10.0. The topological polar surface area (TPSA) is 70.6 Å². The summed E-state index contributed by atoms with van der Waals surface area (Å²) in [5.41, 5.74) is 2.20. The summed E-state index contributed by atoms with van der Waals surface area (Å²) in [6.07, 6.45) is 3.50. The molecule has 0 aliphatic carbocycles. The van der Waals surface area contributed by atoms with Crippen LogP contribution in [-0.4, -0.2) is 66.3 Å². The van der Waals surface area contributed by atoms with Crippen molar-refractivity contribution in [3.05, 3.63) is 17.6 Å². The number of carbonyl (C=O) groups is 1. The predicted molar refractivity (Wildman–Crippen MR) is 94.6 cm³/mol. The number of aromatic nitrogens is 2. The molecule has 3 aliphatic rings. The smallest absolute Gasteiger partial charge is 0.317 e. The van der Waals surface area contributed by atoms with E-state index in [1.807, 2.05) is 11.8 Å². The van der Waals surface area contributed by atoms with Gasteiger partial charge in [-0.25, -0.2) is 14.8 Å². The van der Waals surface area contributed by atoms with Crippen molar-refractivity contribution in [1.82, 2.24) is 20.2 Å². The zero-order valence-corrected chi connectivity index (χ0v) is 15.1. The number of carbonyl (C=O) groups excluding carboxylic acids is 1. The largest absolute Gasteiger partial charge is 0.381 e. The van der Waals surface area contributed by atoms with Crippen molar-refractivity contribution in [2.45, 2.75) is 32.7 Å². The van der Waals surface area contributed by atoms with Crippen LogP contribution in [0.4, 0.5) is 10.6 Å². The Bertz CT molecular complexity index is 632. The monoisotopic (exact) mass is 345 g/mol. The van der Waals surface area contributed by atoms with Crippen molar-refractivity contribution in [1.29, 1.82) is 0 Å². The zero-order valence-electron chi connectivity index (χ0n) is 15.1. The molecule has 2 atom stereocenters. The van der Waals surface area contributed by atoms with Crippen LogP contribution < -0.4 is 10.2 Å². The fraction of sp³-hybridized carbons (Fsp3) is 0.722. The van der Waals surface area contributed by atoms with Gasteiger partial charge in [0.1, 0.15) is 12.1 Å². The first-order valence-corrected chi connectivity index (χ1v) is 9.28. The third-order valence-electron chi connectivity index (χ3n) is 5.93. The Kier molecular flexibility index (Phi) is 4.50. The fourth-order valence-corrected chi connectivity index (χ4v) is 4.28. The van der Waals surface area contributed by atoms with E-state index in [4.69, 9.17) is 4.74 Å². The molecule has 4 rings (SSSR count). The molecule has 0 spiro atoms. The van der Waals surface area contributed by atoms with Gasteiger partial charge in [0.05, 0.1) is 0 Å². The summed E-state index contributed by atoms with van der Waals surface area (Å²) >= 11 is 0. The Morgan fingerprint density at radius 2 is 1.80 bits per heavy atom. The number of likely N-dealkylation sites (tertiary alicyclic amines) is 1. The zero-order chi connectivity index (χ0) is 17.4. The molecule has 2 amide bonds. The van der Waals surface area contributed by atoms with Crippen molar-refractivity contribution in [3.63, 3.8) is 0 Å². The standard InChI is InChI=1S/C18H27N5O2/c1-12-13(2)19-11-20-17(12)22-7-14-9-23(10-15(14)8-22)18(24)21-16-3-5-25-6-4-16/h11,14-16H,3-10H2,1-2H3,(H,21,24). The molecule has 3 fully saturated rings. The Labute approximate surface area is 148 Å². The van der Waals surface area contributed by atoms with Gasteiger partial charge in [-0.3, -0.25) is 0 Å². The number of nitrogens with one attached hydrogen (secondary N) is 1. The molecule has 3 saturated heterocycles. The molecule has 7 heteroatoms. The molecule has 7 nitrogen and oxygen atoms in total. The van der Waals surface area contributed by atoms with Crippen LogP contribution in [0.5, 0.6) is 0 Å². The SMILES string of the molecule is Cc1ncnc(N2CC3CN(C(=O)NC4CCOCC4)CC3C2)c1C. The molecule has 1 aromatic rings. The second-order valence-corrected chi connectivity index (χ2v) is 7.57. The minimum atomic E-state index is 0.0990. The summed E-state index contributed by atoms with van der Waals surface area (Å²) in [5.74, 6) is 2.13. The first-order valence-electron chi connectivity index (χ1n) is 9.28. The molecule has 0 radical (unpaired) electrons. The number of anilines is 1. The van der Waals surface area contributed by atoms with Gasteiger partial charge >= 0.3 is 6.03 Å². The van der Waals surface area contributed by atoms with E-state index in [2.05, 4.69) is 27.1 Å². The van der Waals surface area contributed by atoms with Crippen molar-refractivity contribution in [2.75, 3.05) is 44.3 Å². The number of amides is 2. The number of rotatable bonds is 2. The first-order chi connectivity index (χ1) is 12.1. The van der Waals surface area contributed by atoms with Crippen LogP contribution in [0.15, 0.2) is 6.33 Å². The van der Waals surface area contributed by atoms with Crippen LogP contribution in [0.2, 0.25) is 0 Å². The van der Waals surface area contributed by atoms with Gasteiger partial charge in [-0.05, 0) is 26.7 Å². The highest BCUT2D eigenvalue weighted by Gasteiger charge is 2.42. The summed E-state index contributed by atoms with van der Waals surface area (Å²) in [5, 5.41) is 3.18. The van der Waals surface area contributed by atoms with Crippen LogP contribution in [0, 0.1) is 25.7 Å². The summed E-state index contributed by atoms with van der Waals surface area (Å²) < 4.78 is 5.36. The van der Waals surface area contributed by atoms with Gasteiger partial charge in [0, 0.05) is 68.5 Å². The lowest BCUT2D eigenvalue weighted by Gasteiger charge is -2.27. The molecule has 136 valence electrons. The van der Waals surface area contributed by atoms with Gasteiger partial charge in [0.15, 0.2) is 0 Å². The fourth-order valence-electron chi connectivity index (χ4n) is 4.28. The van der Waals surface area contributed by atoms with Crippen molar-refractivity contribution >= 4 is 11.8 Å². The summed E-state index contributed by atoms with van der Waals surface area (Å²) in [6, 6.07) is 0.367. The van der Waals surface area contributed by atoms with E-state index >= 15 is 0 Å². The van der Waals surface area contributed by atoms with E-state index in [-0.39, 0.29) is 12.1 Å². The van der Waals surface area contributed by atoms with Crippen molar-refractivity contribution in [3.8, 4) is 0 Å². The Morgan fingerprint density at radius 1 is 1.12 bits per heavy atom. The summed E-state index contributed by atoms with van der Waals surface area (Å²) in [4.78, 5) is 25.7. The van der Waals surface area contributed by atoms with Gasteiger partial charge in [0.25, 0.3) is 0 Å². The third-order valence-corrected chi connectivity index (χ3v) is 5.93. The van der Waals surface area contributed by atoms with Crippen LogP contribution in [0.25, 0.3) is 0 Å². The number of ether oxygens (including phenoxy) is 1. The normalized spacial score (nSPS) is 26.8. The number of hydrogen-bond acceptors (Lipinski definition) is 5. The van der Waals surface area contributed by atoms with Gasteiger partial charge in [-0.2, -0.15) is 0 Å². The highest BCUT2D eigenvalue weighted by Crippen LogP contribution is 2.34. The number of nitrogens with zero attached hydrogens (tertiary/aromatic N) is 4. The number of aryl methyl sites for hydroxylation is 1. The Hall–Kier alpha value is -1.89. The highest BCUT2D eigenvalue weighted by atomic mass is 16.5. The molecule has 1 N–H and O–H groups in total. The third kappa shape index (κ3) is 3.29. The highest BCUT2D eigenvalue weighted by molar-refractivity contribution is 5.75. The van der Waals surface area contributed by atoms with Gasteiger partial charge < -0.3 is 19.9 Å². The minimum Gasteiger partial charge on any atom is -0.381 e. The van der Waals surface area contributed by atoms with E-state index in [0.29, 0.717) is 11.8 Å². The molecular weight excluding hydrogens is 318 g/mol. The van der Waals surface area contributed by atoms with E-state index in [9.17, 15) is 4.79 Å². The Morgan fingerprint density at radius 3 is 2.48 bits per heavy atom. The molecule has 3 aliphatic heterocycles. The van der Waals surface area contributed by atoms with E-state index < -0.39 is 0 Å². The molecule has 0 bridgehead atoms. The van der Waals surface area contributed by atoms with Crippen LogP contribution >= 0.6 is 0 Å².